The Balaban J connectivity index is 1.49. The minimum Gasteiger partial charge on any atom is -0.357 e. The smallest absolute Gasteiger partial charge is 0.225 e. The fraction of sp³-hybridized carbons (Fsp3) is 0.261. The number of carbonyl (C=O) groups is 1. The van der Waals surface area contributed by atoms with E-state index >= 15 is 0 Å². The summed E-state index contributed by atoms with van der Waals surface area (Å²) in [5.41, 5.74) is 4.18. The number of aromatic nitrogens is 1. The van der Waals surface area contributed by atoms with E-state index in [2.05, 4.69) is 33.1 Å². The highest BCUT2D eigenvalue weighted by Crippen LogP contribution is 2.31. The Kier molecular flexibility index (Phi) is 5.70. The Hall–Kier alpha value is -3.41. The fourth-order valence-corrected chi connectivity index (χ4v) is 3.70. The minimum absolute atomic E-state index is 0.0562. The molecule has 0 bridgehead atoms. The number of aliphatic imine (C=N–C) groups is 1. The molecule has 148 valence electrons. The molecule has 1 amide bonds. The van der Waals surface area contributed by atoms with Crippen molar-refractivity contribution in [3.8, 4) is 0 Å². The van der Waals surface area contributed by atoms with E-state index in [9.17, 15) is 4.79 Å². The number of para-hydroxylation sites is 2. The van der Waals surface area contributed by atoms with Gasteiger partial charge in [0.2, 0.25) is 5.91 Å². The number of amides is 1. The Morgan fingerprint density at radius 3 is 2.86 bits per heavy atom. The first-order chi connectivity index (χ1) is 14.2. The number of rotatable bonds is 5. The van der Waals surface area contributed by atoms with Crippen LogP contribution in [-0.2, 0) is 11.3 Å². The summed E-state index contributed by atoms with van der Waals surface area (Å²) in [6.07, 6.45) is 2.30. The molecule has 0 radical (unpaired) electrons. The molecule has 1 unspecified atom stereocenters. The normalized spacial score (nSPS) is 16.2. The Labute approximate surface area is 170 Å². The van der Waals surface area contributed by atoms with Crippen LogP contribution in [0.5, 0.6) is 0 Å². The fourth-order valence-electron chi connectivity index (χ4n) is 3.70. The van der Waals surface area contributed by atoms with Gasteiger partial charge in [-0.15, -0.1) is 0 Å². The summed E-state index contributed by atoms with van der Waals surface area (Å²) in [7, 11) is 0. The predicted molar refractivity (Wildman–Crippen MR) is 117 cm³/mol. The highest BCUT2D eigenvalue weighted by atomic mass is 16.1. The number of guanidine groups is 1. The van der Waals surface area contributed by atoms with Crippen molar-refractivity contribution in [2.24, 2.45) is 4.99 Å². The lowest BCUT2D eigenvalue weighted by Gasteiger charge is -2.26. The molecule has 2 aromatic carbocycles. The monoisotopic (exact) mass is 387 g/mol. The molecule has 3 aromatic rings. The second-order valence-corrected chi connectivity index (χ2v) is 7.10. The van der Waals surface area contributed by atoms with E-state index in [0.717, 1.165) is 40.2 Å². The molecule has 4 rings (SSSR count). The molecule has 0 saturated heterocycles. The number of anilines is 1. The van der Waals surface area contributed by atoms with Gasteiger partial charge in [-0.2, -0.15) is 0 Å². The van der Waals surface area contributed by atoms with E-state index in [1.807, 2.05) is 55.6 Å². The number of benzene rings is 2. The van der Waals surface area contributed by atoms with Crippen molar-refractivity contribution in [3.05, 3.63) is 71.9 Å². The lowest BCUT2D eigenvalue weighted by atomic mass is 9.90. The van der Waals surface area contributed by atoms with Crippen LogP contribution in [0, 0.1) is 0 Å². The van der Waals surface area contributed by atoms with E-state index in [0.29, 0.717) is 19.5 Å². The summed E-state index contributed by atoms with van der Waals surface area (Å²) >= 11 is 0. The summed E-state index contributed by atoms with van der Waals surface area (Å²) in [4.78, 5) is 21.2. The summed E-state index contributed by atoms with van der Waals surface area (Å²) < 4.78 is 0. The number of carbonyl (C=O) groups excluding carboxylic acids is 1. The quantitative estimate of drug-likeness (QED) is 0.463. The average Bonchev–Trinajstić information content (AvgIpc) is 2.75. The summed E-state index contributed by atoms with van der Waals surface area (Å²) in [5.74, 6) is 0.920. The lowest BCUT2D eigenvalue weighted by molar-refractivity contribution is -0.116. The van der Waals surface area contributed by atoms with Gasteiger partial charge in [0.05, 0.1) is 12.1 Å². The molecule has 6 nitrogen and oxygen atoms in total. The summed E-state index contributed by atoms with van der Waals surface area (Å²) in [6, 6.07) is 18.1. The maximum Gasteiger partial charge on any atom is 0.225 e. The van der Waals surface area contributed by atoms with Gasteiger partial charge in [-0.1, -0.05) is 36.4 Å². The van der Waals surface area contributed by atoms with Crippen LogP contribution < -0.4 is 16.0 Å². The standard InChI is InChI=1S/C23H25N5O/c1-2-24-23(26-14-16-11-12-25-20-9-5-3-7-18(16)20)27-15-17-13-22(29)28-21-10-6-4-8-19(17)21/h3-12,17H,2,13-15H2,1H3,(H,28,29)(H2,24,26,27). The van der Waals surface area contributed by atoms with Crippen molar-refractivity contribution in [1.29, 1.82) is 0 Å². The van der Waals surface area contributed by atoms with Crippen molar-refractivity contribution in [1.82, 2.24) is 15.6 Å². The second kappa shape index (κ2) is 8.73. The highest BCUT2D eigenvalue weighted by molar-refractivity contribution is 5.94. The molecule has 6 heteroatoms. The van der Waals surface area contributed by atoms with Crippen LogP contribution in [0.4, 0.5) is 5.69 Å². The summed E-state index contributed by atoms with van der Waals surface area (Å²) in [5, 5.41) is 10.8. The van der Waals surface area contributed by atoms with E-state index in [1.165, 1.54) is 0 Å². The lowest BCUT2D eigenvalue weighted by Crippen LogP contribution is -2.40. The third kappa shape index (κ3) is 4.37. The Morgan fingerprint density at radius 2 is 1.97 bits per heavy atom. The van der Waals surface area contributed by atoms with Gasteiger partial charge in [0.1, 0.15) is 0 Å². The molecule has 2 heterocycles. The van der Waals surface area contributed by atoms with E-state index < -0.39 is 0 Å². The zero-order valence-electron chi connectivity index (χ0n) is 16.5. The van der Waals surface area contributed by atoms with Crippen molar-refractivity contribution >= 4 is 28.5 Å². The topological polar surface area (TPSA) is 78.4 Å². The van der Waals surface area contributed by atoms with Gasteiger partial charge in [0.25, 0.3) is 0 Å². The minimum atomic E-state index is 0.0562. The van der Waals surface area contributed by atoms with Gasteiger partial charge in [-0.3, -0.25) is 9.78 Å². The van der Waals surface area contributed by atoms with Crippen molar-refractivity contribution < 1.29 is 4.79 Å². The molecule has 29 heavy (non-hydrogen) atoms. The van der Waals surface area contributed by atoms with Crippen LogP contribution in [0.25, 0.3) is 10.9 Å². The van der Waals surface area contributed by atoms with Crippen molar-refractivity contribution in [2.75, 3.05) is 18.4 Å². The molecular weight excluding hydrogens is 362 g/mol. The van der Waals surface area contributed by atoms with Crippen molar-refractivity contribution in [3.63, 3.8) is 0 Å². The molecule has 1 atom stereocenters. The first-order valence-electron chi connectivity index (χ1n) is 9.98. The number of hydrogen-bond donors (Lipinski definition) is 3. The average molecular weight is 387 g/mol. The van der Waals surface area contributed by atoms with E-state index in [-0.39, 0.29) is 11.8 Å². The molecule has 0 spiro atoms. The summed E-state index contributed by atoms with van der Waals surface area (Å²) in [6.45, 7) is 4.01. The molecule has 3 N–H and O–H groups in total. The molecule has 1 aliphatic heterocycles. The zero-order valence-corrected chi connectivity index (χ0v) is 16.5. The number of nitrogens with zero attached hydrogens (tertiary/aromatic N) is 2. The Morgan fingerprint density at radius 1 is 1.14 bits per heavy atom. The number of nitrogens with one attached hydrogen (secondary N) is 3. The number of fused-ring (bicyclic) bond motifs is 2. The third-order valence-electron chi connectivity index (χ3n) is 5.11. The van der Waals surface area contributed by atoms with Gasteiger partial charge in [0.15, 0.2) is 5.96 Å². The van der Waals surface area contributed by atoms with Crippen LogP contribution in [0.15, 0.2) is 65.8 Å². The van der Waals surface area contributed by atoms with Gasteiger partial charge in [-0.05, 0) is 36.2 Å². The van der Waals surface area contributed by atoms with Crippen LogP contribution in [0.3, 0.4) is 0 Å². The number of hydrogen-bond acceptors (Lipinski definition) is 3. The van der Waals surface area contributed by atoms with Gasteiger partial charge < -0.3 is 16.0 Å². The molecule has 0 saturated carbocycles. The molecular formula is C23H25N5O. The highest BCUT2D eigenvalue weighted by Gasteiger charge is 2.24. The maximum absolute atomic E-state index is 12.1. The van der Waals surface area contributed by atoms with E-state index in [4.69, 9.17) is 4.99 Å². The first kappa shape index (κ1) is 18.9. The van der Waals surface area contributed by atoms with Gasteiger partial charge in [0, 0.05) is 42.7 Å². The van der Waals surface area contributed by atoms with Crippen LogP contribution in [0.1, 0.15) is 30.4 Å². The third-order valence-corrected chi connectivity index (χ3v) is 5.11. The molecule has 1 aromatic heterocycles. The molecule has 0 fully saturated rings. The molecule has 1 aliphatic rings. The van der Waals surface area contributed by atoms with Crippen LogP contribution in [-0.4, -0.2) is 29.9 Å². The maximum atomic E-state index is 12.1. The van der Waals surface area contributed by atoms with Gasteiger partial charge >= 0.3 is 0 Å². The zero-order chi connectivity index (χ0) is 20.1. The van der Waals surface area contributed by atoms with Crippen LogP contribution in [0.2, 0.25) is 0 Å². The Bertz CT molecular complexity index is 1040. The van der Waals surface area contributed by atoms with Crippen molar-refractivity contribution in [2.45, 2.75) is 25.8 Å². The second-order valence-electron chi connectivity index (χ2n) is 7.10. The predicted octanol–water partition coefficient (Wildman–Crippen LogP) is 3.42. The largest absolute Gasteiger partial charge is 0.357 e. The van der Waals surface area contributed by atoms with Crippen LogP contribution >= 0.6 is 0 Å². The van der Waals surface area contributed by atoms with E-state index in [1.54, 1.807) is 0 Å². The van der Waals surface area contributed by atoms with Gasteiger partial charge in [-0.25, -0.2) is 4.99 Å². The first-order valence-corrected chi connectivity index (χ1v) is 9.98. The molecule has 0 aliphatic carbocycles. The SMILES string of the molecule is CCNC(=NCc1ccnc2ccccc12)NCC1CC(=O)Nc2ccccc21. The number of pyridine rings is 1.